The fraction of sp³-hybridized carbons (Fsp3) is 0.200. The lowest BCUT2D eigenvalue weighted by Gasteiger charge is -1.88. The average molecular weight is 136 g/mol. The van der Waals surface area contributed by atoms with Crippen molar-refractivity contribution in [3.8, 4) is 0 Å². The molecule has 0 spiro atoms. The average Bonchev–Trinajstić information content (AvgIpc) is 1.89. The summed E-state index contributed by atoms with van der Waals surface area (Å²) in [5.74, 6) is 0. The van der Waals surface area contributed by atoms with Gasteiger partial charge in [-0.15, -0.1) is 0 Å². The maximum atomic E-state index is 3.66. The molecule has 0 N–H and O–H groups in total. The van der Waals surface area contributed by atoms with Gasteiger partial charge in [-0.3, -0.25) is 0 Å². The minimum atomic E-state index is 1.06. The van der Waals surface area contributed by atoms with Crippen LogP contribution in [0.15, 0.2) is 49.6 Å². The SMILES string of the molecule is C=C(C)C(=C)C.C=CC=C. The Morgan fingerprint density at radius 3 is 1.10 bits per heavy atom. The molecule has 0 unspecified atom stereocenters. The predicted molar refractivity (Wildman–Crippen MR) is 50.0 cm³/mol. The van der Waals surface area contributed by atoms with Crippen LogP contribution in [0.3, 0.4) is 0 Å². The Balaban J connectivity index is 0. The van der Waals surface area contributed by atoms with Crippen molar-refractivity contribution in [3.05, 3.63) is 49.6 Å². The highest BCUT2D eigenvalue weighted by atomic mass is 13.8. The van der Waals surface area contributed by atoms with Crippen molar-refractivity contribution in [1.29, 1.82) is 0 Å². The third-order valence-corrected chi connectivity index (χ3v) is 0.895. The van der Waals surface area contributed by atoms with Crippen LogP contribution in [0.1, 0.15) is 13.8 Å². The maximum absolute atomic E-state index is 3.66. The summed E-state index contributed by atoms with van der Waals surface area (Å²) < 4.78 is 0. The second-order valence-corrected chi connectivity index (χ2v) is 2.03. The molecule has 0 saturated heterocycles. The molecular weight excluding hydrogens is 120 g/mol. The van der Waals surface area contributed by atoms with Crippen LogP contribution < -0.4 is 0 Å². The molecule has 0 heteroatoms. The van der Waals surface area contributed by atoms with Crippen LogP contribution in [0.5, 0.6) is 0 Å². The monoisotopic (exact) mass is 136 g/mol. The van der Waals surface area contributed by atoms with Crippen LogP contribution in [0.25, 0.3) is 0 Å². The van der Waals surface area contributed by atoms with Gasteiger partial charge in [0.15, 0.2) is 0 Å². The van der Waals surface area contributed by atoms with Gasteiger partial charge in [0.1, 0.15) is 0 Å². The summed E-state index contributed by atoms with van der Waals surface area (Å²) in [7, 11) is 0. The first-order valence-corrected chi connectivity index (χ1v) is 3.11. The lowest BCUT2D eigenvalue weighted by atomic mass is 10.2. The highest BCUT2D eigenvalue weighted by Gasteiger charge is 1.77. The minimum Gasteiger partial charge on any atom is -0.0991 e. The summed E-state index contributed by atoms with van der Waals surface area (Å²) in [4.78, 5) is 0. The topological polar surface area (TPSA) is 0 Å². The zero-order valence-corrected chi connectivity index (χ0v) is 6.98. The van der Waals surface area contributed by atoms with E-state index in [0.717, 1.165) is 11.1 Å². The molecule has 10 heavy (non-hydrogen) atoms. The first kappa shape index (κ1) is 11.7. The van der Waals surface area contributed by atoms with E-state index in [2.05, 4.69) is 26.3 Å². The number of hydrogen-bond donors (Lipinski definition) is 0. The standard InChI is InChI=1S/C6H10.C4H6/c1-5(2)6(3)4;1-3-4-2/h1,3H2,2,4H3;3-4H,1-2H2. The second kappa shape index (κ2) is 7.96. The summed E-state index contributed by atoms with van der Waals surface area (Å²) in [5.41, 5.74) is 2.13. The first-order valence-electron chi connectivity index (χ1n) is 3.11. The summed E-state index contributed by atoms with van der Waals surface area (Å²) in [6, 6.07) is 0. The van der Waals surface area contributed by atoms with E-state index in [9.17, 15) is 0 Å². The van der Waals surface area contributed by atoms with E-state index in [4.69, 9.17) is 0 Å². The largest absolute Gasteiger partial charge is 0.0991 e. The Morgan fingerprint density at radius 1 is 0.900 bits per heavy atom. The van der Waals surface area contributed by atoms with Gasteiger partial charge in [-0.05, 0) is 13.8 Å². The van der Waals surface area contributed by atoms with Crippen molar-refractivity contribution in [2.75, 3.05) is 0 Å². The summed E-state index contributed by atoms with van der Waals surface area (Å²) in [5, 5.41) is 0. The molecule has 0 nitrogen and oxygen atoms in total. The quantitative estimate of drug-likeness (QED) is 0.510. The van der Waals surface area contributed by atoms with Crippen LogP contribution in [0, 0.1) is 0 Å². The maximum Gasteiger partial charge on any atom is -0.0401 e. The van der Waals surface area contributed by atoms with E-state index in [1.807, 2.05) is 13.8 Å². The van der Waals surface area contributed by atoms with Crippen molar-refractivity contribution >= 4 is 0 Å². The third kappa shape index (κ3) is 15.8. The molecule has 56 valence electrons. The first-order chi connectivity index (χ1) is 4.56. The molecule has 0 bridgehead atoms. The minimum absolute atomic E-state index is 1.06. The van der Waals surface area contributed by atoms with Gasteiger partial charge >= 0.3 is 0 Å². The molecule has 0 saturated carbocycles. The lowest BCUT2D eigenvalue weighted by molar-refractivity contribution is 1.39. The molecule has 0 heterocycles. The fourth-order valence-electron chi connectivity index (χ4n) is 0. The second-order valence-electron chi connectivity index (χ2n) is 2.03. The molecule has 0 atom stereocenters. The van der Waals surface area contributed by atoms with Crippen LogP contribution in [0.4, 0.5) is 0 Å². The van der Waals surface area contributed by atoms with Crippen molar-refractivity contribution < 1.29 is 0 Å². The highest BCUT2D eigenvalue weighted by molar-refractivity contribution is 5.19. The Morgan fingerprint density at radius 2 is 1.10 bits per heavy atom. The van der Waals surface area contributed by atoms with Gasteiger partial charge in [0, 0.05) is 0 Å². The third-order valence-electron chi connectivity index (χ3n) is 0.895. The van der Waals surface area contributed by atoms with E-state index in [1.165, 1.54) is 0 Å². The molecule has 0 aliphatic heterocycles. The Bertz CT molecular complexity index is 120. The zero-order valence-electron chi connectivity index (χ0n) is 6.98. The molecule has 0 radical (unpaired) electrons. The molecule has 0 amide bonds. The Kier molecular flexibility index (Phi) is 9.33. The van der Waals surface area contributed by atoms with Gasteiger partial charge in [0.05, 0.1) is 0 Å². The highest BCUT2D eigenvalue weighted by Crippen LogP contribution is 1.98. The van der Waals surface area contributed by atoms with Crippen LogP contribution in [0.2, 0.25) is 0 Å². The fourth-order valence-corrected chi connectivity index (χ4v) is 0. The smallest absolute Gasteiger partial charge is 0.0401 e. The van der Waals surface area contributed by atoms with E-state index >= 15 is 0 Å². The van der Waals surface area contributed by atoms with Crippen molar-refractivity contribution in [2.24, 2.45) is 0 Å². The normalized spacial score (nSPS) is 6.60. The van der Waals surface area contributed by atoms with Gasteiger partial charge < -0.3 is 0 Å². The van der Waals surface area contributed by atoms with E-state index in [1.54, 1.807) is 12.2 Å². The van der Waals surface area contributed by atoms with Crippen LogP contribution in [-0.4, -0.2) is 0 Å². The van der Waals surface area contributed by atoms with Gasteiger partial charge in [-0.2, -0.15) is 0 Å². The Labute approximate surface area is 64.3 Å². The number of hydrogen-bond acceptors (Lipinski definition) is 0. The summed E-state index contributed by atoms with van der Waals surface area (Å²) in [6.07, 6.45) is 3.28. The molecule has 0 aliphatic carbocycles. The number of allylic oxidation sites excluding steroid dienone is 4. The van der Waals surface area contributed by atoms with Gasteiger partial charge in [-0.1, -0.05) is 49.6 Å². The number of rotatable bonds is 2. The summed E-state index contributed by atoms with van der Waals surface area (Å²) >= 11 is 0. The molecule has 0 rings (SSSR count). The van der Waals surface area contributed by atoms with Gasteiger partial charge in [-0.25, -0.2) is 0 Å². The molecular formula is C10H16. The van der Waals surface area contributed by atoms with Crippen LogP contribution in [-0.2, 0) is 0 Å². The van der Waals surface area contributed by atoms with Gasteiger partial charge in [0.25, 0.3) is 0 Å². The molecule has 0 aliphatic rings. The van der Waals surface area contributed by atoms with Crippen molar-refractivity contribution in [1.82, 2.24) is 0 Å². The van der Waals surface area contributed by atoms with E-state index in [-0.39, 0.29) is 0 Å². The molecule has 0 aromatic carbocycles. The van der Waals surface area contributed by atoms with E-state index < -0.39 is 0 Å². The van der Waals surface area contributed by atoms with Crippen LogP contribution >= 0.6 is 0 Å². The summed E-state index contributed by atoms with van der Waals surface area (Å²) in [6.45, 7) is 17.9. The molecule has 0 fully saturated rings. The predicted octanol–water partition coefficient (Wildman–Crippen LogP) is 3.50. The van der Waals surface area contributed by atoms with E-state index in [0.29, 0.717) is 0 Å². The van der Waals surface area contributed by atoms with Crippen molar-refractivity contribution in [2.45, 2.75) is 13.8 Å². The molecule has 0 aromatic rings. The Hall–Kier alpha value is -1.04. The lowest BCUT2D eigenvalue weighted by Crippen LogP contribution is -1.67. The van der Waals surface area contributed by atoms with Crippen molar-refractivity contribution in [3.63, 3.8) is 0 Å². The molecule has 0 aromatic heterocycles. The zero-order chi connectivity index (χ0) is 8.57. The van der Waals surface area contributed by atoms with Gasteiger partial charge in [0.2, 0.25) is 0 Å².